The first-order chi connectivity index (χ1) is 16.1. The molecule has 3 heterocycles. The first-order valence-electron chi connectivity index (χ1n) is 11.8. The van der Waals surface area contributed by atoms with Crippen LogP contribution in [0.2, 0.25) is 0 Å². The number of fused-ring (bicyclic) bond motifs is 1. The van der Waals surface area contributed by atoms with Crippen molar-refractivity contribution < 1.29 is 14.4 Å². The van der Waals surface area contributed by atoms with Crippen LogP contribution in [0.5, 0.6) is 0 Å². The number of hydrogen-bond acceptors (Lipinski definition) is 5. The Balaban J connectivity index is 1.13. The van der Waals surface area contributed by atoms with Gasteiger partial charge in [0.15, 0.2) is 0 Å². The third-order valence-corrected chi connectivity index (χ3v) is 7.02. The van der Waals surface area contributed by atoms with Crippen LogP contribution in [0.15, 0.2) is 48.5 Å². The highest BCUT2D eigenvalue weighted by Gasteiger charge is 2.39. The van der Waals surface area contributed by atoms with E-state index in [4.69, 9.17) is 0 Å². The molecule has 2 N–H and O–H groups in total. The lowest BCUT2D eigenvalue weighted by atomic mass is 10.0. The SMILES string of the molecule is O=C1CCC(N2Cc3cc(CNC4CCN(Cc5ccccc5)CC4)ccc3C2=O)C(=O)N1. The average molecular weight is 447 g/mol. The van der Waals surface area contributed by atoms with Gasteiger partial charge in [0.05, 0.1) is 0 Å². The fraction of sp³-hybridized carbons (Fsp3) is 0.423. The third kappa shape index (κ3) is 4.84. The van der Waals surface area contributed by atoms with Gasteiger partial charge in [-0.15, -0.1) is 0 Å². The molecule has 1 atom stereocenters. The molecule has 3 aliphatic heterocycles. The van der Waals surface area contributed by atoms with E-state index >= 15 is 0 Å². The number of likely N-dealkylation sites (tertiary alicyclic amines) is 1. The Labute approximate surface area is 194 Å². The number of benzene rings is 2. The molecule has 7 heteroatoms. The first-order valence-corrected chi connectivity index (χ1v) is 11.8. The zero-order valence-electron chi connectivity index (χ0n) is 18.8. The summed E-state index contributed by atoms with van der Waals surface area (Å²) in [6, 6.07) is 16.5. The summed E-state index contributed by atoms with van der Waals surface area (Å²) >= 11 is 0. The van der Waals surface area contributed by atoms with Gasteiger partial charge >= 0.3 is 0 Å². The Morgan fingerprint density at radius 1 is 0.939 bits per heavy atom. The predicted molar refractivity (Wildman–Crippen MR) is 124 cm³/mol. The number of amides is 3. The van der Waals surface area contributed by atoms with Gasteiger partial charge < -0.3 is 10.2 Å². The van der Waals surface area contributed by atoms with Gasteiger partial charge in [-0.2, -0.15) is 0 Å². The second-order valence-electron chi connectivity index (χ2n) is 9.31. The van der Waals surface area contributed by atoms with Gasteiger partial charge in [-0.3, -0.25) is 24.6 Å². The number of imide groups is 1. The van der Waals surface area contributed by atoms with Crippen molar-refractivity contribution in [1.82, 2.24) is 20.4 Å². The van der Waals surface area contributed by atoms with Crippen molar-refractivity contribution in [2.24, 2.45) is 0 Å². The summed E-state index contributed by atoms with van der Waals surface area (Å²) in [5, 5.41) is 6.04. The molecule has 0 aliphatic carbocycles. The summed E-state index contributed by atoms with van der Waals surface area (Å²) in [7, 11) is 0. The number of hydrogen-bond donors (Lipinski definition) is 2. The highest BCUT2D eigenvalue weighted by molar-refractivity contribution is 6.05. The number of carbonyl (C=O) groups is 3. The maximum atomic E-state index is 12.8. The monoisotopic (exact) mass is 446 g/mol. The molecule has 0 radical (unpaired) electrons. The van der Waals surface area contributed by atoms with Crippen molar-refractivity contribution in [2.75, 3.05) is 13.1 Å². The summed E-state index contributed by atoms with van der Waals surface area (Å²) < 4.78 is 0. The molecule has 2 fully saturated rings. The standard InChI is InChI=1S/C26H30N4O3/c31-24-9-8-23(25(32)28-24)30-17-20-14-19(6-7-22(20)26(30)33)15-27-21-10-12-29(13-11-21)16-18-4-2-1-3-5-18/h1-7,14,21,23,27H,8-13,15-17H2,(H,28,31,32). The minimum absolute atomic E-state index is 0.121. The summed E-state index contributed by atoms with van der Waals surface area (Å²) in [6.45, 7) is 4.38. The Bertz CT molecular complexity index is 1050. The van der Waals surface area contributed by atoms with Crippen molar-refractivity contribution in [3.05, 3.63) is 70.8 Å². The Kier molecular flexibility index (Phi) is 6.24. The van der Waals surface area contributed by atoms with Gasteiger partial charge in [-0.25, -0.2) is 0 Å². The van der Waals surface area contributed by atoms with Crippen LogP contribution in [0.1, 0.15) is 52.7 Å². The highest BCUT2D eigenvalue weighted by atomic mass is 16.2. The molecule has 0 bridgehead atoms. The Morgan fingerprint density at radius 2 is 1.73 bits per heavy atom. The fourth-order valence-corrected chi connectivity index (χ4v) is 5.14. The van der Waals surface area contributed by atoms with Crippen LogP contribution < -0.4 is 10.6 Å². The van der Waals surface area contributed by atoms with E-state index in [9.17, 15) is 14.4 Å². The van der Waals surface area contributed by atoms with Crippen LogP contribution in [-0.2, 0) is 29.2 Å². The summed E-state index contributed by atoms with van der Waals surface area (Å²) in [5.41, 5.74) is 4.14. The van der Waals surface area contributed by atoms with Crippen molar-refractivity contribution in [3.63, 3.8) is 0 Å². The smallest absolute Gasteiger partial charge is 0.255 e. The van der Waals surface area contributed by atoms with Gasteiger partial charge in [0.2, 0.25) is 11.8 Å². The molecule has 7 nitrogen and oxygen atoms in total. The maximum Gasteiger partial charge on any atom is 0.255 e. The van der Waals surface area contributed by atoms with Crippen LogP contribution in [0.3, 0.4) is 0 Å². The topological polar surface area (TPSA) is 81.8 Å². The number of rotatable bonds is 6. The lowest BCUT2D eigenvalue weighted by Crippen LogP contribution is -2.52. The molecular weight excluding hydrogens is 416 g/mol. The maximum absolute atomic E-state index is 12.8. The molecule has 3 aliphatic rings. The molecule has 5 rings (SSSR count). The highest BCUT2D eigenvalue weighted by Crippen LogP contribution is 2.28. The Morgan fingerprint density at radius 3 is 2.48 bits per heavy atom. The molecule has 1 unspecified atom stereocenters. The van der Waals surface area contributed by atoms with Crippen molar-refractivity contribution in [2.45, 2.75) is 57.4 Å². The minimum Gasteiger partial charge on any atom is -0.322 e. The summed E-state index contributed by atoms with van der Waals surface area (Å²) in [6.07, 6.45) is 2.91. The van der Waals surface area contributed by atoms with E-state index in [2.05, 4.69) is 51.9 Å². The summed E-state index contributed by atoms with van der Waals surface area (Å²) in [4.78, 5) is 40.6. The van der Waals surface area contributed by atoms with Gasteiger partial charge in [0.25, 0.3) is 5.91 Å². The molecule has 0 spiro atoms. The van der Waals surface area contributed by atoms with E-state index in [-0.39, 0.29) is 24.1 Å². The van der Waals surface area contributed by atoms with E-state index in [0.717, 1.165) is 50.1 Å². The van der Waals surface area contributed by atoms with E-state index in [1.54, 1.807) is 4.90 Å². The van der Waals surface area contributed by atoms with Crippen LogP contribution >= 0.6 is 0 Å². The predicted octanol–water partition coefficient (Wildman–Crippen LogP) is 2.20. The van der Waals surface area contributed by atoms with Crippen molar-refractivity contribution in [1.29, 1.82) is 0 Å². The molecule has 3 amide bonds. The first kappa shape index (κ1) is 21.8. The normalized spacial score (nSPS) is 21.9. The average Bonchev–Trinajstić information content (AvgIpc) is 3.15. The van der Waals surface area contributed by atoms with Gasteiger partial charge in [-0.05, 0) is 55.1 Å². The van der Waals surface area contributed by atoms with E-state index < -0.39 is 6.04 Å². The zero-order valence-corrected chi connectivity index (χ0v) is 18.8. The van der Waals surface area contributed by atoms with Gasteiger partial charge in [0, 0.05) is 37.7 Å². The lowest BCUT2D eigenvalue weighted by molar-refractivity contribution is -0.136. The Hall–Kier alpha value is -3.03. The van der Waals surface area contributed by atoms with Crippen LogP contribution in [-0.4, -0.2) is 52.7 Å². The largest absolute Gasteiger partial charge is 0.322 e. The van der Waals surface area contributed by atoms with E-state index in [1.165, 1.54) is 5.56 Å². The van der Waals surface area contributed by atoms with Crippen molar-refractivity contribution >= 4 is 17.7 Å². The molecule has 0 saturated carbocycles. The molecule has 2 saturated heterocycles. The van der Waals surface area contributed by atoms with Crippen LogP contribution in [0.4, 0.5) is 0 Å². The van der Waals surface area contributed by atoms with Crippen molar-refractivity contribution in [3.8, 4) is 0 Å². The minimum atomic E-state index is -0.565. The molecule has 0 aromatic heterocycles. The number of piperidine rings is 2. The molecule has 2 aromatic rings. The second kappa shape index (κ2) is 9.45. The molecule has 172 valence electrons. The fourth-order valence-electron chi connectivity index (χ4n) is 5.14. The van der Waals surface area contributed by atoms with Gasteiger partial charge in [-0.1, -0.05) is 42.5 Å². The number of nitrogens with zero attached hydrogens (tertiary/aromatic N) is 2. The van der Waals surface area contributed by atoms with Crippen LogP contribution in [0.25, 0.3) is 0 Å². The molecule has 2 aromatic carbocycles. The van der Waals surface area contributed by atoms with E-state index in [0.29, 0.717) is 24.6 Å². The number of nitrogens with one attached hydrogen (secondary N) is 2. The second-order valence-corrected chi connectivity index (χ2v) is 9.31. The van der Waals surface area contributed by atoms with Crippen LogP contribution in [0, 0.1) is 0 Å². The zero-order chi connectivity index (χ0) is 22.8. The lowest BCUT2D eigenvalue weighted by Gasteiger charge is -2.32. The third-order valence-electron chi connectivity index (χ3n) is 7.02. The quantitative estimate of drug-likeness (QED) is 0.665. The van der Waals surface area contributed by atoms with Gasteiger partial charge in [0.1, 0.15) is 6.04 Å². The molecular formula is C26H30N4O3. The number of carbonyl (C=O) groups excluding carboxylic acids is 3. The molecule has 33 heavy (non-hydrogen) atoms. The summed E-state index contributed by atoms with van der Waals surface area (Å²) in [5.74, 6) is -0.752. The van der Waals surface area contributed by atoms with E-state index in [1.807, 2.05) is 12.1 Å².